The van der Waals surface area contributed by atoms with Crippen molar-refractivity contribution in [3.8, 4) is 11.1 Å². The second kappa shape index (κ2) is 8.00. The van der Waals surface area contributed by atoms with Crippen molar-refractivity contribution in [3.05, 3.63) is 127 Å². The van der Waals surface area contributed by atoms with Crippen molar-refractivity contribution in [1.29, 1.82) is 0 Å². The summed E-state index contributed by atoms with van der Waals surface area (Å²) in [5.41, 5.74) is 12.1. The molecule has 0 saturated carbocycles. The number of hydrogen-bond acceptors (Lipinski definition) is 3. The molecule has 206 valence electrons. The van der Waals surface area contributed by atoms with Gasteiger partial charge < -0.3 is 9.38 Å². The normalized spacial score (nSPS) is 14.0. The standard InChI is InChI=1S/C40H21BN2S2/c1-2-10-23-22(9-1)19-20-26-24-12-7-13-25-28-21-34-35(27-11-3-5-16-31(27)44-34)40-36(28)41(43(37(23)26)38(24)25)29-14-8-18-33-39(29)42(40)30-15-4-6-17-32(30)45-33/h1-21H. The fourth-order valence-corrected chi connectivity index (χ4v) is 10.9. The number of para-hydroxylation sites is 3. The van der Waals surface area contributed by atoms with E-state index in [1.807, 2.05) is 23.1 Å². The summed E-state index contributed by atoms with van der Waals surface area (Å²) in [5, 5.41) is 7.99. The molecular weight excluding hydrogens is 583 g/mol. The van der Waals surface area contributed by atoms with E-state index in [1.54, 1.807) is 0 Å². The lowest BCUT2D eigenvalue weighted by atomic mass is 9.45. The SMILES string of the molecule is c1ccc2c(c1)Sc1cccc3c1N2c1c2c(cc4sc5ccccc5c14)-c1cccc4c5ccc6ccccc6c5n(c14)B32. The van der Waals surface area contributed by atoms with Crippen LogP contribution >= 0.6 is 23.1 Å². The van der Waals surface area contributed by atoms with Gasteiger partial charge in [-0.15, -0.1) is 11.3 Å². The molecule has 2 nitrogen and oxygen atoms in total. The number of hydrogen-bond donors (Lipinski definition) is 0. The van der Waals surface area contributed by atoms with Crippen molar-refractivity contribution in [3.63, 3.8) is 0 Å². The van der Waals surface area contributed by atoms with Crippen LogP contribution in [-0.2, 0) is 0 Å². The Hall–Kier alpha value is -4.97. The number of fused-ring (bicyclic) bond motifs is 15. The highest BCUT2D eigenvalue weighted by atomic mass is 32.2. The van der Waals surface area contributed by atoms with Crippen LogP contribution < -0.4 is 15.8 Å². The van der Waals surface area contributed by atoms with E-state index in [0.29, 0.717) is 0 Å². The summed E-state index contributed by atoms with van der Waals surface area (Å²) in [6.45, 7) is 0.0517. The highest BCUT2D eigenvalue weighted by molar-refractivity contribution is 7.99. The largest absolute Gasteiger partial charge is 0.375 e. The summed E-state index contributed by atoms with van der Waals surface area (Å²) < 4.78 is 5.41. The third-order valence-electron chi connectivity index (χ3n) is 10.3. The number of aromatic nitrogens is 1. The average molecular weight is 605 g/mol. The molecule has 2 aromatic heterocycles. The number of benzene rings is 7. The summed E-state index contributed by atoms with van der Waals surface area (Å²) in [7, 11) is 0. The Kier molecular flexibility index (Phi) is 4.16. The molecule has 3 aliphatic rings. The van der Waals surface area contributed by atoms with Gasteiger partial charge in [0.15, 0.2) is 0 Å². The van der Waals surface area contributed by atoms with Crippen molar-refractivity contribution < 1.29 is 0 Å². The molecule has 9 aromatic rings. The van der Waals surface area contributed by atoms with Gasteiger partial charge in [0.2, 0.25) is 0 Å². The zero-order chi connectivity index (χ0) is 29.0. The molecule has 5 heteroatoms. The van der Waals surface area contributed by atoms with Crippen molar-refractivity contribution in [2.45, 2.75) is 9.79 Å². The van der Waals surface area contributed by atoms with E-state index in [2.05, 4.69) is 137 Å². The molecule has 0 fully saturated rings. The predicted octanol–water partition coefficient (Wildman–Crippen LogP) is 10.2. The number of rotatable bonds is 0. The molecule has 45 heavy (non-hydrogen) atoms. The molecule has 0 bridgehead atoms. The lowest BCUT2D eigenvalue weighted by Crippen LogP contribution is -2.57. The smallest absolute Gasteiger partial charge is 0.333 e. The van der Waals surface area contributed by atoms with Gasteiger partial charge in [-0.05, 0) is 52.2 Å². The molecule has 5 heterocycles. The first kappa shape index (κ1) is 23.4. The summed E-state index contributed by atoms with van der Waals surface area (Å²) in [6.07, 6.45) is 0. The van der Waals surface area contributed by atoms with Gasteiger partial charge in [-0.2, -0.15) is 0 Å². The summed E-state index contributed by atoms with van der Waals surface area (Å²) in [4.78, 5) is 5.26. The van der Waals surface area contributed by atoms with Gasteiger partial charge in [0.05, 0.1) is 17.1 Å². The fourth-order valence-electron chi connectivity index (χ4n) is 8.66. The second-order valence-corrected chi connectivity index (χ2v) is 14.6. The Bertz CT molecular complexity index is 2830. The topological polar surface area (TPSA) is 8.17 Å². The lowest BCUT2D eigenvalue weighted by Gasteiger charge is -2.44. The molecule has 0 unspecified atom stereocenters. The molecule has 0 amide bonds. The molecule has 12 rings (SSSR count). The first-order chi connectivity index (χ1) is 22.3. The first-order valence-corrected chi connectivity index (χ1v) is 17.1. The molecule has 0 saturated heterocycles. The molecule has 0 N–H and O–H groups in total. The maximum atomic E-state index is 2.71. The number of nitrogens with zero attached hydrogens (tertiary/aromatic N) is 2. The van der Waals surface area contributed by atoms with E-state index >= 15 is 0 Å². The summed E-state index contributed by atoms with van der Waals surface area (Å²) in [6, 6.07) is 48.0. The fraction of sp³-hybridized carbons (Fsp3) is 0. The van der Waals surface area contributed by atoms with Crippen LogP contribution in [0.2, 0.25) is 0 Å². The zero-order valence-corrected chi connectivity index (χ0v) is 25.5. The number of thiophene rings is 1. The Morgan fingerprint density at radius 1 is 0.533 bits per heavy atom. The van der Waals surface area contributed by atoms with Crippen LogP contribution in [0.25, 0.3) is 63.9 Å². The lowest BCUT2D eigenvalue weighted by molar-refractivity contribution is 1.17. The van der Waals surface area contributed by atoms with Crippen molar-refractivity contribution >= 4 is 111 Å². The van der Waals surface area contributed by atoms with E-state index in [1.165, 1.54) is 102 Å². The maximum absolute atomic E-state index is 2.71. The van der Waals surface area contributed by atoms with Crippen LogP contribution in [0.5, 0.6) is 0 Å². The van der Waals surface area contributed by atoms with Gasteiger partial charge in [0.1, 0.15) is 0 Å². The van der Waals surface area contributed by atoms with Crippen LogP contribution in [-0.4, -0.2) is 11.3 Å². The van der Waals surface area contributed by atoms with E-state index in [0.717, 1.165) is 0 Å². The number of anilines is 3. The highest BCUT2D eigenvalue weighted by Gasteiger charge is 2.46. The zero-order valence-electron chi connectivity index (χ0n) is 23.9. The van der Waals surface area contributed by atoms with Crippen LogP contribution in [0.3, 0.4) is 0 Å². The molecule has 7 aromatic carbocycles. The van der Waals surface area contributed by atoms with E-state index in [-0.39, 0.29) is 6.85 Å². The third kappa shape index (κ3) is 2.69. The van der Waals surface area contributed by atoms with Crippen LogP contribution in [0.1, 0.15) is 0 Å². The minimum atomic E-state index is 0.0517. The Morgan fingerprint density at radius 3 is 2.29 bits per heavy atom. The van der Waals surface area contributed by atoms with Crippen LogP contribution in [0.15, 0.2) is 137 Å². The Balaban J connectivity index is 1.37. The molecular formula is C40H21BN2S2. The van der Waals surface area contributed by atoms with E-state index in [4.69, 9.17) is 0 Å². The van der Waals surface area contributed by atoms with Crippen molar-refractivity contribution in [2.75, 3.05) is 4.90 Å². The van der Waals surface area contributed by atoms with Crippen LogP contribution in [0, 0.1) is 0 Å². The van der Waals surface area contributed by atoms with Crippen LogP contribution in [0.4, 0.5) is 17.1 Å². The molecule has 0 aliphatic carbocycles. The monoisotopic (exact) mass is 604 g/mol. The Labute approximate surface area is 267 Å². The second-order valence-electron chi connectivity index (χ2n) is 12.4. The van der Waals surface area contributed by atoms with Gasteiger partial charge in [0, 0.05) is 62.7 Å². The predicted molar refractivity (Wildman–Crippen MR) is 195 cm³/mol. The van der Waals surface area contributed by atoms with Gasteiger partial charge in [-0.3, -0.25) is 0 Å². The molecule has 3 aliphatic heterocycles. The quantitative estimate of drug-likeness (QED) is 0.159. The molecule has 0 atom stereocenters. The minimum absolute atomic E-state index is 0.0517. The minimum Gasteiger partial charge on any atom is -0.375 e. The third-order valence-corrected chi connectivity index (χ3v) is 12.5. The summed E-state index contributed by atoms with van der Waals surface area (Å²) >= 11 is 3.83. The first-order valence-electron chi connectivity index (χ1n) is 15.5. The average Bonchev–Trinajstić information content (AvgIpc) is 3.64. The molecule has 0 radical (unpaired) electrons. The molecule has 0 spiro atoms. The van der Waals surface area contributed by atoms with E-state index in [9.17, 15) is 0 Å². The maximum Gasteiger partial charge on any atom is 0.333 e. The van der Waals surface area contributed by atoms with Gasteiger partial charge >= 0.3 is 6.85 Å². The van der Waals surface area contributed by atoms with Gasteiger partial charge in [-0.25, -0.2) is 0 Å². The summed E-state index contributed by atoms with van der Waals surface area (Å²) in [5.74, 6) is 0. The van der Waals surface area contributed by atoms with Crippen molar-refractivity contribution in [1.82, 2.24) is 4.48 Å². The van der Waals surface area contributed by atoms with Gasteiger partial charge in [-0.1, -0.05) is 109 Å². The van der Waals surface area contributed by atoms with Gasteiger partial charge in [0.25, 0.3) is 0 Å². The van der Waals surface area contributed by atoms with Crippen molar-refractivity contribution in [2.24, 2.45) is 0 Å². The Morgan fingerprint density at radius 2 is 1.31 bits per heavy atom. The van der Waals surface area contributed by atoms with E-state index < -0.39 is 0 Å². The highest BCUT2D eigenvalue weighted by Crippen LogP contribution is 2.56.